The molecule has 0 aromatic heterocycles. The summed E-state index contributed by atoms with van der Waals surface area (Å²) in [6.07, 6.45) is 0.116. The first-order chi connectivity index (χ1) is 7.56. The Labute approximate surface area is 95.2 Å². The minimum atomic E-state index is -0.796. The number of anilines is 1. The summed E-state index contributed by atoms with van der Waals surface area (Å²) in [4.78, 5) is 10.4. The van der Waals surface area contributed by atoms with Crippen molar-refractivity contribution in [3.63, 3.8) is 0 Å². The van der Waals surface area contributed by atoms with E-state index in [4.69, 9.17) is 9.84 Å². The molecule has 0 aliphatic heterocycles. The molecule has 16 heavy (non-hydrogen) atoms. The SMILES string of the molecule is COc1ccc(NCCC(=O)O)c(C)c1C. The lowest BCUT2D eigenvalue weighted by molar-refractivity contribution is -0.136. The van der Waals surface area contributed by atoms with Gasteiger partial charge in [-0.05, 0) is 37.1 Å². The highest BCUT2D eigenvalue weighted by atomic mass is 16.5. The summed E-state index contributed by atoms with van der Waals surface area (Å²) in [6.45, 7) is 4.40. The highest BCUT2D eigenvalue weighted by molar-refractivity contribution is 5.68. The number of carbonyl (C=O) groups is 1. The molecule has 1 aromatic rings. The van der Waals surface area contributed by atoms with Crippen molar-refractivity contribution in [2.24, 2.45) is 0 Å². The van der Waals surface area contributed by atoms with Crippen LogP contribution < -0.4 is 10.1 Å². The standard InChI is InChI=1S/C12H17NO3/c1-8-9(2)11(16-3)5-4-10(8)13-7-6-12(14)15/h4-5,13H,6-7H2,1-3H3,(H,14,15). The monoisotopic (exact) mass is 223 g/mol. The Kier molecular flexibility index (Phi) is 4.17. The first kappa shape index (κ1) is 12.4. The number of ether oxygens (including phenoxy) is 1. The number of benzene rings is 1. The molecular formula is C12H17NO3. The molecular weight excluding hydrogens is 206 g/mol. The molecule has 0 aliphatic carbocycles. The Morgan fingerprint density at radius 1 is 1.38 bits per heavy atom. The van der Waals surface area contributed by atoms with Gasteiger partial charge in [0.25, 0.3) is 0 Å². The van der Waals surface area contributed by atoms with Crippen molar-refractivity contribution in [2.45, 2.75) is 20.3 Å². The predicted molar refractivity (Wildman–Crippen MR) is 63.2 cm³/mol. The van der Waals surface area contributed by atoms with Gasteiger partial charge in [-0.1, -0.05) is 0 Å². The zero-order chi connectivity index (χ0) is 12.1. The average molecular weight is 223 g/mol. The topological polar surface area (TPSA) is 58.6 Å². The number of rotatable bonds is 5. The summed E-state index contributed by atoms with van der Waals surface area (Å²) in [7, 11) is 1.64. The van der Waals surface area contributed by atoms with E-state index in [2.05, 4.69) is 5.32 Å². The van der Waals surface area contributed by atoms with Crippen LogP contribution in [0.25, 0.3) is 0 Å². The molecule has 0 aliphatic rings. The average Bonchev–Trinajstić information content (AvgIpc) is 2.24. The Bertz CT molecular complexity index is 388. The minimum Gasteiger partial charge on any atom is -0.496 e. The van der Waals surface area contributed by atoms with Crippen LogP contribution in [0, 0.1) is 13.8 Å². The molecule has 0 saturated carbocycles. The Morgan fingerprint density at radius 3 is 2.62 bits per heavy atom. The number of aliphatic carboxylic acids is 1. The quantitative estimate of drug-likeness (QED) is 0.803. The Balaban J connectivity index is 2.74. The fraction of sp³-hybridized carbons (Fsp3) is 0.417. The van der Waals surface area contributed by atoms with Gasteiger partial charge in [0.1, 0.15) is 5.75 Å². The van der Waals surface area contributed by atoms with Gasteiger partial charge < -0.3 is 15.2 Å². The van der Waals surface area contributed by atoms with Crippen molar-refractivity contribution in [3.05, 3.63) is 23.3 Å². The molecule has 0 saturated heterocycles. The smallest absolute Gasteiger partial charge is 0.305 e. The van der Waals surface area contributed by atoms with Crippen LogP contribution in [0.1, 0.15) is 17.5 Å². The lowest BCUT2D eigenvalue weighted by Gasteiger charge is -2.13. The van der Waals surface area contributed by atoms with Crippen LogP contribution in [0.15, 0.2) is 12.1 Å². The molecule has 0 atom stereocenters. The second kappa shape index (κ2) is 5.39. The molecule has 0 spiro atoms. The van der Waals surface area contributed by atoms with E-state index in [1.54, 1.807) is 7.11 Å². The van der Waals surface area contributed by atoms with E-state index in [0.29, 0.717) is 6.54 Å². The maximum absolute atomic E-state index is 10.4. The summed E-state index contributed by atoms with van der Waals surface area (Å²) in [5.41, 5.74) is 3.12. The molecule has 1 aromatic carbocycles. The van der Waals surface area contributed by atoms with E-state index in [9.17, 15) is 4.79 Å². The molecule has 0 heterocycles. The summed E-state index contributed by atoms with van der Waals surface area (Å²) < 4.78 is 5.20. The first-order valence-corrected chi connectivity index (χ1v) is 5.16. The molecule has 0 unspecified atom stereocenters. The van der Waals surface area contributed by atoms with Crippen molar-refractivity contribution in [3.8, 4) is 5.75 Å². The second-order valence-electron chi connectivity index (χ2n) is 3.64. The van der Waals surface area contributed by atoms with E-state index in [1.165, 1.54) is 0 Å². The van der Waals surface area contributed by atoms with Crippen molar-refractivity contribution in [2.75, 3.05) is 19.0 Å². The van der Waals surface area contributed by atoms with E-state index in [0.717, 1.165) is 22.6 Å². The van der Waals surface area contributed by atoms with Crippen molar-refractivity contribution >= 4 is 11.7 Å². The van der Waals surface area contributed by atoms with Crippen LogP contribution in [-0.2, 0) is 4.79 Å². The molecule has 4 nitrogen and oxygen atoms in total. The van der Waals surface area contributed by atoms with Crippen molar-refractivity contribution < 1.29 is 14.6 Å². The third kappa shape index (κ3) is 2.89. The number of hydrogen-bond donors (Lipinski definition) is 2. The Morgan fingerprint density at radius 2 is 2.06 bits per heavy atom. The normalized spacial score (nSPS) is 9.94. The van der Waals surface area contributed by atoms with E-state index in [1.807, 2.05) is 26.0 Å². The van der Waals surface area contributed by atoms with Crippen molar-refractivity contribution in [1.29, 1.82) is 0 Å². The predicted octanol–water partition coefficient (Wildman–Crippen LogP) is 2.20. The van der Waals surface area contributed by atoms with Crippen LogP contribution in [-0.4, -0.2) is 24.7 Å². The molecule has 0 bridgehead atoms. The summed E-state index contributed by atoms with van der Waals surface area (Å²) >= 11 is 0. The van der Waals surface area contributed by atoms with Crippen LogP contribution in [0.2, 0.25) is 0 Å². The zero-order valence-corrected chi connectivity index (χ0v) is 9.83. The number of carboxylic acid groups (broad SMARTS) is 1. The summed E-state index contributed by atoms with van der Waals surface area (Å²) in [6, 6.07) is 3.79. The third-order valence-corrected chi connectivity index (χ3v) is 2.61. The highest BCUT2D eigenvalue weighted by Gasteiger charge is 2.06. The summed E-state index contributed by atoms with van der Waals surface area (Å²) in [5, 5.41) is 11.6. The van der Waals surface area contributed by atoms with Gasteiger partial charge in [-0.25, -0.2) is 0 Å². The van der Waals surface area contributed by atoms with E-state index < -0.39 is 5.97 Å². The van der Waals surface area contributed by atoms with Gasteiger partial charge in [0.05, 0.1) is 13.5 Å². The Hall–Kier alpha value is -1.71. The first-order valence-electron chi connectivity index (χ1n) is 5.16. The molecule has 0 amide bonds. The van der Waals surface area contributed by atoms with Crippen molar-refractivity contribution in [1.82, 2.24) is 0 Å². The number of hydrogen-bond acceptors (Lipinski definition) is 3. The lowest BCUT2D eigenvalue weighted by atomic mass is 10.1. The number of nitrogens with one attached hydrogen (secondary N) is 1. The van der Waals surface area contributed by atoms with Gasteiger partial charge >= 0.3 is 5.97 Å². The van der Waals surface area contributed by atoms with Gasteiger partial charge in [-0.3, -0.25) is 4.79 Å². The van der Waals surface area contributed by atoms with Crippen LogP contribution in [0.3, 0.4) is 0 Å². The van der Waals surface area contributed by atoms with Crippen LogP contribution >= 0.6 is 0 Å². The fourth-order valence-corrected chi connectivity index (χ4v) is 1.51. The van der Waals surface area contributed by atoms with Gasteiger partial charge in [0.15, 0.2) is 0 Å². The number of carboxylic acids is 1. The van der Waals surface area contributed by atoms with E-state index in [-0.39, 0.29) is 6.42 Å². The second-order valence-corrected chi connectivity index (χ2v) is 3.64. The van der Waals surface area contributed by atoms with Crippen LogP contribution in [0.4, 0.5) is 5.69 Å². The maximum atomic E-state index is 10.4. The van der Waals surface area contributed by atoms with Gasteiger partial charge in [0, 0.05) is 12.2 Å². The zero-order valence-electron chi connectivity index (χ0n) is 9.83. The molecule has 2 N–H and O–H groups in total. The molecule has 0 radical (unpaired) electrons. The molecule has 88 valence electrons. The maximum Gasteiger partial charge on any atom is 0.305 e. The molecule has 0 fully saturated rings. The third-order valence-electron chi connectivity index (χ3n) is 2.61. The fourth-order valence-electron chi connectivity index (χ4n) is 1.51. The van der Waals surface area contributed by atoms with Gasteiger partial charge in [-0.15, -0.1) is 0 Å². The minimum absolute atomic E-state index is 0.116. The van der Waals surface area contributed by atoms with Gasteiger partial charge in [-0.2, -0.15) is 0 Å². The van der Waals surface area contributed by atoms with E-state index >= 15 is 0 Å². The lowest BCUT2D eigenvalue weighted by Crippen LogP contribution is -2.08. The number of methoxy groups -OCH3 is 1. The molecule has 1 rings (SSSR count). The highest BCUT2D eigenvalue weighted by Crippen LogP contribution is 2.26. The summed E-state index contributed by atoms with van der Waals surface area (Å²) in [5.74, 6) is 0.0525. The molecule has 4 heteroatoms. The van der Waals surface area contributed by atoms with Gasteiger partial charge in [0.2, 0.25) is 0 Å². The largest absolute Gasteiger partial charge is 0.496 e. The van der Waals surface area contributed by atoms with Crippen LogP contribution in [0.5, 0.6) is 5.75 Å².